The second-order valence-corrected chi connectivity index (χ2v) is 7.53. The molecule has 0 aliphatic heterocycles. The van der Waals surface area contributed by atoms with Crippen LogP contribution in [0.1, 0.15) is 67.3 Å². The van der Waals surface area contributed by atoms with Gasteiger partial charge < -0.3 is 10.5 Å². The summed E-state index contributed by atoms with van der Waals surface area (Å²) < 4.78 is 5.20. The third-order valence-electron chi connectivity index (χ3n) is 5.54. The molecule has 104 valence electrons. The Kier molecular flexibility index (Phi) is 2.56. The van der Waals surface area contributed by atoms with Gasteiger partial charge in [0.05, 0.1) is 12.2 Å². The third kappa shape index (κ3) is 1.36. The fourth-order valence-electron chi connectivity index (χ4n) is 4.07. The maximum Gasteiger partial charge on any atom is 0.341 e. The minimum absolute atomic E-state index is 0.0587. The Morgan fingerprint density at radius 3 is 2.79 bits per heavy atom. The van der Waals surface area contributed by atoms with Crippen molar-refractivity contribution in [1.29, 1.82) is 0 Å². The van der Waals surface area contributed by atoms with E-state index in [1.54, 1.807) is 11.3 Å². The lowest BCUT2D eigenvalue weighted by Crippen LogP contribution is -2.32. The Balaban J connectivity index is 2.19. The molecule has 1 aromatic heterocycles. The number of carbonyl (C=O) groups is 1. The highest BCUT2D eigenvalue weighted by Gasteiger charge is 2.62. The maximum absolute atomic E-state index is 12.2. The van der Waals surface area contributed by atoms with Gasteiger partial charge in [-0.05, 0) is 36.7 Å². The van der Waals surface area contributed by atoms with E-state index in [4.69, 9.17) is 10.5 Å². The smallest absolute Gasteiger partial charge is 0.341 e. The van der Waals surface area contributed by atoms with E-state index in [0.717, 1.165) is 6.42 Å². The number of ether oxygens (including phenoxy) is 1. The minimum Gasteiger partial charge on any atom is -0.462 e. The first-order chi connectivity index (χ1) is 8.84. The molecule has 19 heavy (non-hydrogen) atoms. The van der Waals surface area contributed by atoms with Gasteiger partial charge in [0.1, 0.15) is 5.00 Å². The summed E-state index contributed by atoms with van der Waals surface area (Å²) in [5.74, 6) is 0.296. The van der Waals surface area contributed by atoms with E-state index in [-0.39, 0.29) is 16.8 Å². The Morgan fingerprint density at radius 1 is 1.47 bits per heavy atom. The zero-order valence-electron chi connectivity index (χ0n) is 12.0. The van der Waals surface area contributed by atoms with Gasteiger partial charge in [0.2, 0.25) is 0 Å². The van der Waals surface area contributed by atoms with Crippen LogP contribution in [0.4, 0.5) is 5.00 Å². The molecule has 2 N–H and O–H groups in total. The molecule has 2 bridgehead atoms. The van der Waals surface area contributed by atoms with Crippen LogP contribution in [0, 0.1) is 5.41 Å². The second kappa shape index (κ2) is 3.75. The fraction of sp³-hybridized carbons (Fsp3) is 0.667. The number of anilines is 1. The first kappa shape index (κ1) is 13.0. The molecule has 0 spiro atoms. The molecule has 0 radical (unpaired) electrons. The van der Waals surface area contributed by atoms with Crippen LogP contribution in [0.15, 0.2) is 0 Å². The molecule has 1 heterocycles. The summed E-state index contributed by atoms with van der Waals surface area (Å²) in [5, 5.41) is 0.636. The Hall–Kier alpha value is -1.03. The molecular weight excluding hydrogens is 258 g/mol. The number of fused-ring (bicyclic) bond motifs is 5. The Bertz CT molecular complexity index is 561. The van der Waals surface area contributed by atoms with Crippen LogP contribution in [0.3, 0.4) is 0 Å². The van der Waals surface area contributed by atoms with Gasteiger partial charge in [-0.15, -0.1) is 11.3 Å². The van der Waals surface area contributed by atoms with Crippen LogP contribution in [0.5, 0.6) is 0 Å². The summed E-state index contributed by atoms with van der Waals surface area (Å²) in [6.07, 6.45) is 2.35. The van der Waals surface area contributed by atoms with Gasteiger partial charge in [0, 0.05) is 10.3 Å². The number of hydrogen-bond donors (Lipinski definition) is 1. The molecule has 0 saturated heterocycles. The first-order valence-corrected chi connectivity index (χ1v) is 7.76. The van der Waals surface area contributed by atoms with Crippen molar-refractivity contribution in [2.45, 2.75) is 51.9 Å². The molecule has 3 nitrogen and oxygen atoms in total. The summed E-state index contributed by atoms with van der Waals surface area (Å²) in [5.41, 5.74) is 8.21. The lowest BCUT2D eigenvalue weighted by Gasteiger charge is -2.35. The molecule has 2 aliphatic carbocycles. The zero-order chi connectivity index (χ0) is 14.0. The van der Waals surface area contributed by atoms with Crippen molar-refractivity contribution < 1.29 is 9.53 Å². The highest BCUT2D eigenvalue weighted by atomic mass is 32.1. The average molecular weight is 279 g/mol. The van der Waals surface area contributed by atoms with Gasteiger partial charge in [-0.25, -0.2) is 4.79 Å². The van der Waals surface area contributed by atoms with E-state index in [9.17, 15) is 4.79 Å². The summed E-state index contributed by atoms with van der Waals surface area (Å²) in [7, 11) is 0. The van der Waals surface area contributed by atoms with Crippen LogP contribution >= 0.6 is 11.3 Å². The number of nitrogens with two attached hydrogens (primary N) is 1. The summed E-state index contributed by atoms with van der Waals surface area (Å²) in [6.45, 7) is 9.16. The molecule has 2 aliphatic rings. The van der Waals surface area contributed by atoms with Crippen molar-refractivity contribution in [1.82, 2.24) is 0 Å². The SMILES string of the molecule is CCOC(=O)c1c(N)sc2c1[C@]1(C)CC[C@H]2C1(C)C. The normalized spacial score (nSPS) is 30.4. The number of esters is 1. The van der Waals surface area contributed by atoms with Crippen molar-refractivity contribution >= 4 is 22.3 Å². The van der Waals surface area contributed by atoms with Crippen molar-refractivity contribution in [3.8, 4) is 0 Å². The van der Waals surface area contributed by atoms with E-state index in [2.05, 4.69) is 20.8 Å². The molecule has 0 amide bonds. The monoisotopic (exact) mass is 279 g/mol. The largest absolute Gasteiger partial charge is 0.462 e. The van der Waals surface area contributed by atoms with Crippen LogP contribution in [0.2, 0.25) is 0 Å². The minimum atomic E-state index is -0.248. The van der Waals surface area contributed by atoms with E-state index < -0.39 is 0 Å². The van der Waals surface area contributed by atoms with E-state index in [0.29, 0.717) is 23.1 Å². The molecule has 0 unspecified atom stereocenters. The van der Waals surface area contributed by atoms with Crippen LogP contribution in [0.25, 0.3) is 0 Å². The van der Waals surface area contributed by atoms with Gasteiger partial charge >= 0.3 is 5.97 Å². The van der Waals surface area contributed by atoms with E-state index >= 15 is 0 Å². The molecule has 4 heteroatoms. The molecule has 0 aromatic carbocycles. The number of thiophene rings is 1. The zero-order valence-corrected chi connectivity index (χ0v) is 12.8. The maximum atomic E-state index is 12.2. The molecule has 3 rings (SSSR count). The summed E-state index contributed by atoms with van der Waals surface area (Å²) in [4.78, 5) is 13.6. The predicted octanol–water partition coefficient (Wildman–Crippen LogP) is 3.68. The van der Waals surface area contributed by atoms with Gasteiger partial charge in [-0.1, -0.05) is 20.8 Å². The molecule has 1 fully saturated rings. The quantitative estimate of drug-likeness (QED) is 0.840. The van der Waals surface area contributed by atoms with Gasteiger partial charge in [0.25, 0.3) is 0 Å². The fourth-order valence-corrected chi connectivity index (χ4v) is 5.58. The van der Waals surface area contributed by atoms with E-state index in [1.165, 1.54) is 16.9 Å². The van der Waals surface area contributed by atoms with Gasteiger partial charge in [-0.3, -0.25) is 0 Å². The Morgan fingerprint density at radius 2 is 2.16 bits per heavy atom. The number of hydrogen-bond acceptors (Lipinski definition) is 4. The second-order valence-electron chi connectivity index (χ2n) is 6.45. The summed E-state index contributed by atoms with van der Waals surface area (Å²) in [6, 6.07) is 0. The topological polar surface area (TPSA) is 52.3 Å². The van der Waals surface area contributed by atoms with Crippen LogP contribution in [-0.4, -0.2) is 12.6 Å². The summed E-state index contributed by atoms with van der Waals surface area (Å²) >= 11 is 1.60. The number of rotatable bonds is 2. The Labute approximate surface area is 118 Å². The lowest BCUT2D eigenvalue weighted by atomic mass is 9.68. The number of nitrogen functional groups attached to an aromatic ring is 1. The van der Waals surface area contributed by atoms with Crippen LogP contribution < -0.4 is 5.73 Å². The molecule has 1 aromatic rings. The van der Waals surface area contributed by atoms with Crippen LogP contribution in [-0.2, 0) is 10.2 Å². The van der Waals surface area contributed by atoms with Crippen molar-refractivity contribution in [2.24, 2.45) is 5.41 Å². The lowest BCUT2D eigenvalue weighted by molar-refractivity contribution is 0.0524. The molecule has 2 atom stereocenters. The third-order valence-corrected chi connectivity index (χ3v) is 6.67. The van der Waals surface area contributed by atoms with Crippen molar-refractivity contribution in [3.05, 3.63) is 16.0 Å². The highest BCUT2D eigenvalue weighted by molar-refractivity contribution is 7.16. The van der Waals surface area contributed by atoms with Crippen molar-refractivity contribution in [2.75, 3.05) is 12.3 Å². The van der Waals surface area contributed by atoms with E-state index in [1.807, 2.05) is 6.92 Å². The van der Waals surface area contributed by atoms with Gasteiger partial charge in [0.15, 0.2) is 0 Å². The molecule has 1 saturated carbocycles. The van der Waals surface area contributed by atoms with Crippen molar-refractivity contribution in [3.63, 3.8) is 0 Å². The van der Waals surface area contributed by atoms with Gasteiger partial charge in [-0.2, -0.15) is 0 Å². The predicted molar refractivity (Wildman–Crippen MR) is 77.8 cm³/mol. The standard InChI is InChI=1S/C15H21NO2S/c1-5-18-13(17)9-10-11(19-12(9)16)8-6-7-15(10,4)14(8,2)3/h8H,5-7,16H2,1-4H3/t8-,15+/m1/s1. The first-order valence-electron chi connectivity index (χ1n) is 6.94. The average Bonchev–Trinajstić information content (AvgIpc) is 2.82. The number of carbonyl (C=O) groups excluding carboxylic acids is 1. The molecular formula is C15H21NO2S. The highest BCUT2D eigenvalue weighted by Crippen LogP contribution is 2.70.